The van der Waals surface area contributed by atoms with E-state index in [1.54, 1.807) is 36.4 Å². The SMILES string of the molecule is COc1ccc(N(c2ccc(CCCCC(=O)OCc3ccccc3)cc2)S(=O)(=O)O)cc1. The summed E-state index contributed by atoms with van der Waals surface area (Å²) in [7, 11) is -3.00. The predicted molar refractivity (Wildman–Crippen MR) is 127 cm³/mol. The van der Waals surface area contributed by atoms with Crippen LogP contribution in [0.1, 0.15) is 30.4 Å². The third-order valence-electron chi connectivity index (χ3n) is 5.05. The second kappa shape index (κ2) is 11.5. The number of nitrogens with zero attached hydrogens (tertiary/aromatic N) is 1. The van der Waals surface area contributed by atoms with Crippen molar-refractivity contribution in [1.29, 1.82) is 0 Å². The molecule has 33 heavy (non-hydrogen) atoms. The van der Waals surface area contributed by atoms with E-state index in [-0.39, 0.29) is 12.6 Å². The molecule has 8 heteroatoms. The first-order valence-electron chi connectivity index (χ1n) is 10.6. The smallest absolute Gasteiger partial charge is 0.364 e. The number of unbranched alkanes of at least 4 members (excludes halogenated alkanes) is 1. The Morgan fingerprint density at radius 1 is 0.848 bits per heavy atom. The number of carbonyl (C=O) groups is 1. The first kappa shape index (κ1) is 24.3. The van der Waals surface area contributed by atoms with E-state index in [9.17, 15) is 17.8 Å². The van der Waals surface area contributed by atoms with Crippen molar-refractivity contribution in [2.75, 3.05) is 11.4 Å². The van der Waals surface area contributed by atoms with E-state index in [4.69, 9.17) is 9.47 Å². The molecule has 0 aliphatic carbocycles. The predicted octanol–water partition coefficient (Wildman–Crippen LogP) is 5.09. The fourth-order valence-corrected chi connectivity index (χ4v) is 4.12. The van der Waals surface area contributed by atoms with E-state index in [0.29, 0.717) is 30.0 Å². The first-order valence-corrected chi connectivity index (χ1v) is 12.0. The van der Waals surface area contributed by atoms with Crippen LogP contribution < -0.4 is 9.04 Å². The molecule has 0 bridgehead atoms. The highest BCUT2D eigenvalue weighted by atomic mass is 32.2. The molecule has 0 atom stereocenters. The fraction of sp³-hybridized carbons (Fsp3) is 0.240. The third kappa shape index (κ3) is 7.34. The van der Waals surface area contributed by atoms with E-state index in [0.717, 1.165) is 28.3 Å². The monoisotopic (exact) mass is 469 g/mol. The van der Waals surface area contributed by atoms with Crippen LogP contribution in [0.2, 0.25) is 0 Å². The molecule has 3 aromatic carbocycles. The molecule has 0 fully saturated rings. The molecule has 3 aromatic rings. The minimum Gasteiger partial charge on any atom is -0.497 e. The van der Waals surface area contributed by atoms with Gasteiger partial charge in [0.2, 0.25) is 0 Å². The summed E-state index contributed by atoms with van der Waals surface area (Å²) in [6.45, 7) is 0.277. The standard InChI is InChI=1S/C25H27NO6S/c1-31-24-17-15-23(16-18-24)26(33(28,29)30)22-13-11-20(12-14-22)7-5-6-10-25(27)32-19-21-8-3-2-4-9-21/h2-4,8-9,11-18H,5-7,10,19H2,1H3,(H,28,29,30). The van der Waals surface area contributed by atoms with Gasteiger partial charge in [0.05, 0.1) is 18.5 Å². The minimum absolute atomic E-state index is 0.225. The van der Waals surface area contributed by atoms with Crippen LogP contribution in [0, 0.1) is 0 Å². The molecule has 3 rings (SSSR count). The largest absolute Gasteiger partial charge is 0.497 e. The van der Waals surface area contributed by atoms with Gasteiger partial charge in [0.25, 0.3) is 0 Å². The van der Waals surface area contributed by atoms with Gasteiger partial charge in [0.1, 0.15) is 12.4 Å². The number of anilines is 2. The number of rotatable bonds is 11. The molecule has 0 aliphatic rings. The van der Waals surface area contributed by atoms with Crippen molar-refractivity contribution in [1.82, 2.24) is 0 Å². The molecular formula is C25H27NO6S. The number of ether oxygens (including phenoxy) is 2. The third-order valence-corrected chi connectivity index (χ3v) is 5.93. The number of benzene rings is 3. The summed E-state index contributed by atoms with van der Waals surface area (Å²) in [5.41, 5.74) is 2.57. The maximum absolute atomic E-state index is 12.0. The Hall–Kier alpha value is -3.36. The number of methoxy groups -OCH3 is 1. The molecule has 0 aliphatic heterocycles. The van der Waals surface area contributed by atoms with Gasteiger partial charge in [0, 0.05) is 6.42 Å². The second-order valence-corrected chi connectivity index (χ2v) is 8.72. The van der Waals surface area contributed by atoms with Crippen LogP contribution in [-0.2, 0) is 32.9 Å². The van der Waals surface area contributed by atoms with Crippen molar-refractivity contribution < 1.29 is 27.2 Å². The summed E-state index contributed by atoms with van der Waals surface area (Å²) >= 11 is 0. The molecule has 0 heterocycles. The van der Waals surface area contributed by atoms with Crippen molar-refractivity contribution in [3.63, 3.8) is 0 Å². The highest BCUT2D eigenvalue weighted by Gasteiger charge is 2.22. The normalized spacial score (nSPS) is 11.1. The van der Waals surface area contributed by atoms with Gasteiger partial charge >= 0.3 is 16.3 Å². The summed E-state index contributed by atoms with van der Waals surface area (Å²) in [5.74, 6) is 0.353. The zero-order valence-electron chi connectivity index (χ0n) is 18.4. The molecular weight excluding hydrogens is 442 g/mol. The van der Waals surface area contributed by atoms with Gasteiger partial charge in [-0.3, -0.25) is 9.35 Å². The van der Waals surface area contributed by atoms with Crippen molar-refractivity contribution in [2.24, 2.45) is 0 Å². The lowest BCUT2D eigenvalue weighted by atomic mass is 10.1. The van der Waals surface area contributed by atoms with Gasteiger partial charge < -0.3 is 9.47 Å². The summed E-state index contributed by atoms with van der Waals surface area (Å²) in [5, 5.41) is 0. The van der Waals surface area contributed by atoms with Crippen molar-refractivity contribution in [2.45, 2.75) is 32.3 Å². The van der Waals surface area contributed by atoms with Crippen LogP contribution in [0.25, 0.3) is 0 Å². The fourth-order valence-electron chi connectivity index (χ4n) is 3.34. The van der Waals surface area contributed by atoms with Gasteiger partial charge in [-0.25, -0.2) is 4.31 Å². The summed E-state index contributed by atoms with van der Waals surface area (Å²) < 4.78 is 45.0. The molecule has 0 saturated carbocycles. The topological polar surface area (TPSA) is 93.1 Å². The Labute approximate surface area is 194 Å². The number of carbonyl (C=O) groups excluding carboxylic acids is 1. The Bertz CT molecular complexity index is 1130. The highest BCUT2D eigenvalue weighted by molar-refractivity contribution is 7.87. The van der Waals surface area contributed by atoms with Crippen molar-refractivity contribution in [3.8, 4) is 5.75 Å². The highest BCUT2D eigenvalue weighted by Crippen LogP contribution is 2.30. The Balaban J connectivity index is 1.51. The van der Waals surface area contributed by atoms with Crippen LogP contribution in [-0.4, -0.2) is 26.0 Å². The maximum Gasteiger partial charge on any atom is 0.364 e. The van der Waals surface area contributed by atoms with Crippen LogP contribution >= 0.6 is 0 Å². The van der Waals surface area contributed by atoms with Crippen LogP contribution in [0.3, 0.4) is 0 Å². The number of hydrogen-bond donors (Lipinski definition) is 1. The molecule has 1 N–H and O–H groups in total. The Morgan fingerprint density at radius 2 is 1.45 bits per heavy atom. The Morgan fingerprint density at radius 3 is 2.03 bits per heavy atom. The van der Waals surface area contributed by atoms with Crippen LogP contribution in [0.15, 0.2) is 78.9 Å². The van der Waals surface area contributed by atoms with E-state index in [1.165, 1.54) is 7.11 Å². The van der Waals surface area contributed by atoms with Gasteiger partial charge in [0.15, 0.2) is 0 Å². The van der Waals surface area contributed by atoms with E-state index < -0.39 is 10.3 Å². The summed E-state index contributed by atoms with van der Waals surface area (Å²) in [4.78, 5) is 11.9. The van der Waals surface area contributed by atoms with Gasteiger partial charge in [-0.2, -0.15) is 8.42 Å². The maximum atomic E-state index is 12.0. The van der Waals surface area contributed by atoms with Crippen LogP contribution in [0.4, 0.5) is 11.4 Å². The molecule has 0 unspecified atom stereocenters. The lowest BCUT2D eigenvalue weighted by Gasteiger charge is -2.21. The van der Waals surface area contributed by atoms with E-state index >= 15 is 0 Å². The minimum atomic E-state index is -4.52. The number of hydrogen-bond acceptors (Lipinski definition) is 5. The van der Waals surface area contributed by atoms with Gasteiger partial charge in [-0.1, -0.05) is 42.5 Å². The average Bonchev–Trinajstić information content (AvgIpc) is 2.82. The van der Waals surface area contributed by atoms with Crippen molar-refractivity contribution in [3.05, 3.63) is 90.0 Å². The van der Waals surface area contributed by atoms with E-state index in [1.807, 2.05) is 42.5 Å². The molecule has 174 valence electrons. The first-order chi connectivity index (χ1) is 15.9. The molecule has 0 saturated heterocycles. The van der Waals surface area contributed by atoms with Gasteiger partial charge in [-0.15, -0.1) is 0 Å². The molecule has 0 aromatic heterocycles. The summed E-state index contributed by atoms with van der Waals surface area (Å²) in [6.07, 6.45) is 2.57. The van der Waals surface area contributed by atoms with Gasteiger partial charge in [-0.05, 0) is 66.8 Å². The Kier molecular flexibility index (Phi) is 8.46. The molecule has 0 spiro atoms. The van der Waals surface area contributed by atoms with E-state index in [2.05, 4.69) is 0 Å². The average molecular weight is 470 g/mol. The molecule has 7 nitrogen and oxygen atoms in total. The summed E-state index contributed by atoms with van der Waals surface area (Å²) in [6, 6.07) is 22.8. The second-order valence-electron chi connectivity index (χ2n) is 7.46. The van der Waals surface area contributed by atoms with Crippen molar-refractivity contribution >= 4 is 27.6 Å². The number of esters is 1. The number of aryl methyl sites for hydroxylation is 1. The van der Waals surface area contributed by atoms with Crippen LogP contribution in [0.5, 0.6) is 5.75 Å². The quantitative estimate of drug-likeness (QED) is 0.239. The molecule has 0 radical (unpaired) electrons. The lowest BCUT2D eigenvalue weighted by molar-refractivity contribution is -0.145. The zero-order valence-corrected chi connectivity index (χ0v) is 19.2. The molecule has 0 amide bonds. The zero-order chi connectivity index (χ0) is 23.7. The lowest BCUT2D eigenvalue weighted by Crippen LogP contribution is -2.25.